The number of fused-ring (bicyclic) bond motifs is 3. The number of hydrogen-bond donors (Lipinski definition) is 2. The van der Waals surface area contributed by atoms with E-state index in [1.807, 2.05) is 18.2 Å². The Labute approximate surface area is 131 Å². The van der Waals surface area contributed by atoms with Crippen molar-refractivity contribution in [3.05, 3.63) is 81.4 Å². The Morgan fingerprint density at radius 1 is 1.00 bits per heavy atom. The van der Waals surface area contributed by atoms with Gasteiger partial charge in [0.2, 0.25) is 5.75 Å². The van der Waals surface area contributed by atoms with Crippen molar-refractivity contribution < 1.29 is 15.1 Å². The molecule has 2 N–H and O–H groups in total. The number of benzene rings is 3. The summed E-state index contributed by atoms with van der Waals surface area (Å²) in [5.74, 6) is -0.334. The van der Waals surface area contributed by atoms with Gasteiger partial charge in [0, 0.05) is 22.9 Å². The lowest BCUT2D eigenvalue weighted by molar-refractivity contribution is -0.387. The zero-order valence-electron chi connectivity index (χ0n) is 12.1. The molecule has 0 heterocycles. The summed E-state index contributed by atoms with van der Waals surface area (Å²) in [6.07, 6.45) is 0.112. The summed E-state index contributed by atoms with van der Waals surface area (Å²) in [5, 5.41) is 33.8. The third-order valence-corrected chi connectivity index (χ3v) is 4.54. The van der Waals surface area contributed by atoms with Gasteiger partial charge in [0.05, 0.1) is 4.92 Å². The molecule has 3 aromatic rings. The quantitative estimate of drug-likeness (QED) is 0.562. The third kappa shape index (κ3) is 1.71. The van der Waals surface area contributed by atoms with E-state index in [4.69, 9.17) is 0 Å². The summed E-state index contributed by atoms with van der Waals surface area (Å²) in [6, 6.07) is 16.0. The molecule has 5 heteroatoms. The van der Waals surface area contributed by atoms with Gasteiger partial charge in [-0.25, -0.2) is 0 Å². The Kier molecular flexibility index (Phi) is 2.71. The molecule has 0 spiro atoms. The molecule has 1 atom stereocenters. The maximum atomic E-state index is 11.4. The van der Waals surface area contributed by atoms with Gasteiger partial charge in [0.1, 0.15) is 5.60 Å². The average Bonchev–Trinajstić information content (AvgIpc) is 2.54. The molecule has 23 heavy (non-hydrogen) atoms. The van der Waals surface area contributed by atoms with E-state index in [0.29, 0.717) is 27.5 Å². The van der Waals surface area contributed by atoms with Crippen LogP contribution in [-0.4, -0.2) is 15.1 Å². The molecule has 0 amide bonds. The van der Waals surface area contributed by atoms with Crippen molar-refractivity contribution in [1.82, 2.24) is 0 Å². The van der Waals surface area contributed by atoms with Crippen LogP contribution in [-0.2, 0) is 12.0 Å². The molecule has 114 valence electrons. The SMILES string of the molecule is O=[N+]([O-])c1c2c(c3ccccc3c1O)[C@@](O)(c1ccccc1)C2. The number of phenolic OH excluding ortho intramolecular Hbond substituents is 1. The van der Waals surface area contributed by atoms with Gasteiger partial charge in [-0.05, 0) is 10.9 Å². The Balaban J connectivity index is 2.09. The first kappa shape index (κ1) is 13.7. The lowest BCUT2D eigenvalue weighted by Crippen LogP contribution is -2.40. The van der Waals surface area contributed by atoms with Crippen molar-refractivity contribution in [3.63, 3.8) is 0 Å². The van der Waals surface area contributed by atoms with Gasteiger partial charge in [-0.1, -0.05) is 54.6 Å². The van der Waals surface area contributed by atoms with Crippen LogP contribution < -0.4 is 0 Å². The highest BCUT2D eigenvalue weighted by atomic mass is 16.6. The summed E-state index contributed by atoms with van der Waals surface area (Å²) >= 11 is 0. The van der Waals surface area contributed by atoms with Gasteiger partial charge in [-0.15, -0.1) is 0 Å². The smallest absolute Gasteiger partial charge is 0.315 e. The van der Waals surface area contributed by atoms with Gasteiger partial charge in [-0.2, -0.15) is 0 Å². The molecule has 0 aliphatic heterocycles. The van der Waals surface area contributed by atoms with Gasteiger partial charge in [0.15, 0.2) is 0 Å². The highest BCUT2D eigenvalue weighted by Gasteiger charge is 2.49. The molecule has 3 aromatic carbocycles. The first-order chi connectivity index (χ1) is 11.0. The number of aromatic hydroxyl groups is 1. The minimum atomic E-state index is -1.27. The third-order valence-electron chi connectivity index (χ3n) is 4.54. The summed E-state index contributed by atoms with van der Waals surface area (Å²) in [5.41, 5.74) is 0.0348. The second-order valence-corrected chi connectivity index (χ2v) is 5.76. The van der Waals surface area contributed by atoms with Crippen LogP contribution in [0.2, 0.25) is 0 Å². The van der Waals surface area contributed by atoms with Crippen LogP contribution >= 0.6 is 0 Å². The molecule has 0 saturated heterocycles. The second kappa shape index (κ2) is 4.54. The van der Waals surface area contributed by atoms with Gasteiger partial charge < -0.3 is 10.2 Å². The molecule has 1 aliphatic carbocycles. The van der Waals surface area contributed by atoms with Crippen LogP contribution in [0.15, 0.2) is 54.6 Å². The van der Waals surface area contributed by atoms with Crippen LogP contribution in [0.4, 0.5) is 5.69 Å². The first-order valence-corrected chi connectivity index (χ1v) is 7.23. The van der Waals surface area contributed by atoms with Crippen molar-refractivity contribution in [2.24, 2.45) is 0 Å². The summed E-state index contributed by atoms with van der Waals surface area (Å²) in [7, 11) is 0. The largest absolute Gasteiger partial charge is 0.502 e. The highest BCUT2D eigenvalue weighted by Crippen LogP contribution is 2.54. The monoisotopic (exact) mass is 307 g/mol. The van der Waals surface area contributed by atoms with Gasteiger partial charge in [0.25, 0.3) is 0 Å². The van der Waals surface area contributed by atoms with Crippen molar-refractivity contribution in [2.75, 3.05) is 0 Å². The predicted octanol–water partition coefficient (Wildman–Crippen LogP) is 3.25. The lowest BCUT2D eigenvalue weighted by atomic mass is 9.66. The topological polar surface area (TPSA) is 83.6 Å². The van der Waals surface area contributed by atoms with E-state index in [2.05, 4.69) is 0 Å². The fourth-order valence-corrected chi connectivity index (χ4v) is 3.50. The fourth-order valence-electron chi connectivity index (χ4n) is 3.50. The molecule has 0 aromatic heterocycles. The first-order valence-electron chi connectivity index (χ1n) is 7.23. The normalized spacial score (nSPS) is 19.2. The van der Waals surface area contributed by atoms with E-state index in [1.54, 1.807) is 36.4 Å². The fraction of sp³-hybridized carbons (Fsp3) is 0.111. The Hall–Kier alpha value is -2.92. The minimum Gasteiger partial charge on any atom is -0.502 e. The maximum Gasteiger partial charge on any atom is 0.315 e. The van der Waals surface area contributed by atoms with Crippen molar-refractivity contribution >= 4 is 16.5 Å². The summed E-state index contributed by atoms with van der Waals surface area (Å²) in [4.78, 5) is 10.8. The van der Waals surface area contributed by atoms with E-state index >= 15 is 0 Å². The number of hydrogen-bond acceptors (Lipinski definition) is 4. The van der Waals surface area contributed by atoms with Crippen LogP contribution in [0, 0.1) is 10.1 Å². The Morgan fingerprint density at radius 3 is 2.26 bits per heavy atom. The predicted molar refractivity (Wildman–Crippen MR) is 85.4 cm³/mol. The zero-order valence-corrected chi connectivity index (χ0v) is 12.1. The van der Waals surface area contributed by atoms with Gasteiger partial charge >= 0.3 is 5.69 Å². The number of rotatable bonds is 2. The highest BCUT2D eigenvalue weighted by molar-refractivity contribution is 5.98. The lowest BCUT2D eigenvalue weighted by Gasteiger charge is -2.40. The van der Waals surface area contributed by atoms with E-state index in [9.17, 15) is 20.3 Å². The van der Waals surface area contributed by atoms with E-state index < -0.39 is 10.5 Å². The molecule has 0 unspecified atom stereocenters. The van der Waals surface area contributed by atoms with Crippen LogP contribution in [0.1, 0.15) is 16.7 Å². The molecule has 4 rings (SSSR count). The maximum absolute atomic E-state index is 11.4. The molecular formula is C18H13NO4. The van der Waals surface area contributed by atoms with Crippen molar-refractivity contribution in [1.29, 1.82) is 0 Å². The molecule has 0 bridgehead atoms. The number of aliphatic hydroxyl groups is 1. The van der Waals surface area contributed by atoms with E-state index in [1.165, 1.54) is 0 Å². The summed E-state index contributed by atoms with van der Waals surface area (Å²) in [6.45, 7) is 0. The molecule has 0 radical (unpaired) electrons. The molecule has 0 saturated carbocycles. The van der Waals surface area contributed by atoms with E-state index in [0.717, 1.165) is 0 Å². The number of nitro groups is 1. The van der Waals surface area contributed by atoms with E-state index in [-0.39, 0.29) is 17.9 Å². The molecule has 0 fully saturated rings. The Morgan fingerprint density at radius 2 is 1.61 bits per heavy atom. The van der Waals surface area contributed by atoms with Crippen LogP contribution in [0.5, 0.6) is 5.75 Å². The average molecular weight is 307 g/mol. The number of nitro benzene ring substituents is 1. The molecular weight excluding hydrogens is 294 g/mol. The molecule has 1 aliphatic rings. The summed E-state index contributed by atoms with van der Waals surface area (Å²) < 4.78 is 0. The van der Waals surface area contributed by atoms with Crippen molar-refractivity contribution in [3.8, 4) is 5.75 Å². The number of phenols is 1. The van der Waals surface area contributed by atoms with Crippen molar-refractivity contribution in [2.45, 2.75) is 12.0 Å². The standard InChI is InChI=1S/C18H13NO4/c20-17-13-9-5-4-8-12(13)15-14(16(17)19(22)23)10-18(15,21)11-6-2-1-3-7-11/h1-9,20-21H,10H2/t18-/m0/s1. The Bertz CT molecular complexity index is 952. The number of nitrogens with zero attached hydrogens (tertiary/aromatic N) is 1. The van der Waals surface area contributed by atoms with Crippen LogP contribution in [0.3, 0.4) is 0 Å². The van der Waals surface area contributed by atoms with Crippen LogP contribution in [0.25, 0.3) is 10.8 Å². The zero-order chi connectivity index (χ0) is 16.2. The molecule has 5 nitrogen and oxygen atoms in total. The second-order valence-electron chi connectivity index (χ2n) is 5.76. The van der Waals surface area contributed by atoms with Gasteiger partial charge in [-0.3, -0.25) is 10.1 Å². The minimum absolute atomic E-state index is 0.112.